The van der Waals surface area contributed by atoms with E-state index in [9.17, 15) is 14.4 Å². The van der Waals surface area contributed by atoms with Crippen LogP contribution in [0, 0.1) is 5.92 Å². The minimum atomic E-state index is -0.868. The molecule has 28 heavy (non-hydrogen) atoms. The normalized spacial score (nSPS) is 21.7. The number of urea groups is 1. The largest absolute Gasteiger partial charge is 0.340 e. The molecule has 2 aromatic rings. The van der Waals surface area contributed by atoms with E-state index in [1.807, 2.05) is 36.5 Å². The molecule has 1 aliphatic carbocycles. The molecular weight excluding hydrogens is 358 g/mol. The Hall–Kier alpha value is -3.16. The Morgan fingerprint density at radius 1 is 1.29 bits per heavy atom. The smallest absolute Gasteiger partial charge is 0.325 e. The topological polar surface area (TPSA) is 87.5 Å². The molecule has 2 fully saturated rings. The second-order valence-electron chi connectivity index (χ2n) is 7.68. The van der Waals surface area contributed by atoms with Gasteiger partial charge in [0.1, 0.15) is 12.1 Å². The molecule has 1 saturated carbocycles. The van der Waals surface area contributed by atoms with E-state index in [0.717, 1.165) is 29.0 Å². The Morgan fingerprint density at radius 2 is 2.00 bits per heavy atom. The molecule has 1 atom stereocenters. The van der Waals surface area contributed by atoms with Gasteiger partial charge in [0, 0.05) is 25.4 Å². The lowest BCUT2D eigenvalue weighted by Gasteiger charge is -2.22. The van der Waals surface area contributed by atoms with Gasteiger partial charge in [0.2, 0.25) is 5.91 Å². The number of likely N-dealkylation sites (N-methyl/N-ethyl adjacent to an activating group) is 1. The lowest BCUT2D eigenvalue weighted by Crippen LogP contribution is -2.47. The summed E-state index contributed by atoms with van der Waals surface area (Å²) >= 11 is 0. The summed E-state index contributed by atoms with van der Waals surface area (Å²) in [6.45, 7) is 1.84. The maximum atomic E-state index is 12.7. The predicted molar refractivity (Wildman–Crippen MR) is 101 cm³/mol. The molecule has 1 aromatic heterocycles. The molecule has 1 aliphatic heterocycles. The summed E-state index contributed by atoms with van der Waals surface area (Å²) in [6, 6.07) is 9.20. The van der Waals surface area contributed by atoms with E-state index in [1.165, 1.54) is 4.90 Å². The quantitative estimate of drug-likeness (QED) is 0.769. The Balaban J connectivity index is 1.38. The van der Waals surface area contributed by atoms with E-state index in [2.05, 4.69) is 10.4 Å². The number of benzene rings is 1. The zero-order valence-corrected chi connectivity index (χ0v) is 16.0. The third-order valence-electron chi connectivity index (χ3n) is 5.49. The molecule has 146 valence electrons. The summed E-state index contributed by atoms with van der Waals surface area (Å²) < 4.78 is 1.74. The summed E-state index contributed by atoms with van der Waals surface area (Å²) in [5.41, 5.74) is 0.924. The summed E-state index contributed by atoms with van der Waals surface area (Å²) in [4.78, 5) is 40.0. The van der Waals surface area contributed by atoms with Crippen molar-refractivity contribution in [2.45, 2.75) is 31.8 Å². The maximum absolute atomic E-state index is 12.7. The van der Waals surface area contributed by atoms with Crippen molar-refractivity contribution in [3.05, 3.63) is 48.3 Å². The second kappa shape index (κ2) is 6.78. The Labute approximate surface area is 163 Å². The van der Waals surface area contributed by atoms with Crippen LogP contribution in [0.3, 0.4) is 0 Å². The molecule has 1 aromatic carbocycles. The van der Waals surface area contributed by atoms with E-state index in [4.69, 9.17) is 0 Å². The summed E-state index contributed by atoms with van der Waals surface area (Å²) in [7, 11) is 1.65. The third kappa shape index (κ3) is 3.26. The van der Waals surface area contributed by atoms with Gasteiger partial charge in [0.25, 0.3) is 5.91 Å². The number of para-hydroxylation sites is 1. The number of hydrogen-bond donors (Lipinski definition) is 1. The lowest BCUT2D eigenvalue weighted by atomic mass is 9.96. The monoisotopic (exact) mass is 381 g/mol. The molecule has 8 nitrogen and oxygen atoms in total. The van der Waals surface area contributed by atoms with Crippen molar-refractivity contribution in [3.8, 4) is 5.69 Å². The number of carbonyl (C=O) groups excluding carboxylic acids is 3. The molecule has 0 unspecified atom stereocenters. The molecule has 2 aliphatic rings. The highest BCUT2D eigenvalue weighted by Gasteiger charge is 2.56. The fourth-order valence-electron chi connectivity index (χ4n) is 3.58. The maximum Gasteiger partial charge on any atom is 0.325 e. The number of rotatable bonds is 6. The van der Waals surface area contributed by atoms with Gasteiger partial charge in [0.15, 0.2) is 0 Å². The van der Waals surface area contributed by atoms with E-state index < -0.39 is 11.6 Å². The molecule has 8 heteroatoms. The molecule has 1 N–H and O–H groups in total. The van der Waals surface area contributed by atoms with Crippen molar-refractivity contribution in [1.29, 1.82) is 0 Å². The predicted octanol–water partition coefficient (Wildman–Crippen LogP) is 1.55. The fraction of sp³-hybridized carbons (Fsp3) is 0.400. The minimum absolute atomic E-state index is 0.172. The van der Waals surface area contributed by atoms with Crippen molar-refractivity contribution >= 4 is 17.8 Å². The molecule has 2 heterocycles. The van der Waals surface area contributed by atoms with Crippen LogP contribution in [0.25, 0.3) is 5.69 Å². The van der Waals surface area contributed by atoms with Gasteiger partial charge in [-0.3, -0.25) is 14.5 Å². The summed E-state index contributed by atoms with van der Waals surface area (Å²) in [5.74, 6) is -0.430. The van der Waals surface area contributed by atoms with Crippen molar-refractivity contribution in [2.24, 2.45) is 5.92 Å². The second-order valence-corrected chi connectivity index (χ2v) is 7.68. The first-order valence-electron chi connectivity index (χ1n) is 9.35. The van der Waals surface area contributed by atoms with E-state index in [1.54, 1.807) is 24.9 Å². The minimum Gasteiger partial charge on any atom is -0.340 e. The van der Waals surface area contributed by atoms with Gasteiger partial charge >= 0.3 is 6.03 Å². The van der Waals surface area contributed by atoms with Gasteiger partial charge in [-0.2, -0.15) is 5.10 Å². The standard InChI is InChI=1S/C20H23N5O3/c1-20(15-8-9-15)18(27)24(19(28)22-20)13-17(26)23(2)11-14-10-21-25(12-14)16-6-4-3-5-7-16/h3-7,10,12,15H,8-9,11,13H2,1-2H3,(H,22,28)/t20-/m1/s1. The van der Waals surface area contributed by atoms with Crippen LogP contribution in [0.1, 0.15) is 25.3 Å². The molecule has 0 radical (unpaired) electrons. The number of carbonyl (C=O) groups is 3. The van der Waals surface area contributed by atoms with Crippen molar-refractivity contribution in [1.82, 2.24) is 24.9 Å². The van der Waals surface area contributed by atoms with Crippen LogP contribution in [-0.2, 0) is 16.1 Å². The van der Waals surface area contributed by atoms with Crippen LogP contribution in [0.4, 0.5) is 4.79 Å². The van der Waals surface area contributed by atoms with Crippen molar-refractivity contribution < 1.29 is 14.4 Å². The van der Waals surface area contributed by atoms with Crippen LogP contribution >= 0.6 is 0 Å². The van der Waals surface area contributed by atoms with Gasteiger partial charge < -0.3 is 10.2 Å². The SMILES string of the molecule is CN(Cc1cnn(-c2ccccc2)c1)C(=O)CN1C(=O)N[C@](C)(C2CC2)C1=O. The first-order valence-corrected chi connectivity index (χ1v) is 9.35. The number of nitrogens with zero attached hydrogens (tertiary/aromatic N) is 4. The van der Waals surface area contributed by atoms with Gasteiger partial charge in [-0.25, -0.2) is 9.48 Å². The highest BCUT2D eigenvalue weighted by atomic mass is 16.2. The summed E-state index contributed by atoms with van der Waals surface area (Å²) in [6.07, 6.45) is 5.41. The van der Waals surface area contributed by atoms with Gasteiger partial charge in [-0.15, -0.1) is 0 Å². The Morgan fingerprint density at radius 3 is 2.68 bits per heavy atom. The average molecular weight is 381 g/mol. The number of hydrogen-bond acceptors (Lipinski definition) is 4. The molecule has 4 amide bonds. The number of amides is 4. The van der Waals surface area contributed by atoms with Crippen molar-refractivity contribution in [3.63, 3.8) is 0 Å². The van der Waals surface area contributed by atoms with Crippen LogP contribution < -0.4 is 5.32 Å². The van der Waals surface area contributed by atoms with Gasteiger partial charge in [-0.05, 0) is 37.8 Å². The average Bonchev–Trinajstić information content (AvgIpc) is 3.41. The zero-order chi connectivity index (χ0) is 19.9. The Bertz CT molecular complexity index is 921. The molecule has 0 spiro atoms. The molecule has 0 bridgehead atoms. The van der Waals surface area contributed by atoms with Crippen LogP contribution in [0.15, 0.2) is 42.7 Å². The number of imide groups is 1. The molecular formula is C20H23N5O3. The number of nitrogens with one attached hydrogen (secondary N) is 1. The van der Waals surface area contributed by atoms with E-state index in [0.29, 0.717) is 6.54 Å². The van der Waals surface area contributed by atoms with Crippen LogP contribution in [0.2, 0.25) is 0 Å². The van der Waals surface area contributed by atoms with E-state index >= 15 is 0 Å². The van der Waals surface area contributed by atoms with Gasteiger partial charge in [-0.1, -0.05) is 18.2 Å². The highest BCUT2D eigenvalue weighted by Crippen LogP contribution is 2.42. The zero-order valence-electron chi connectivity index (χ0n) is 16.0. The first kappa shape index (κ1) is 18.2. The number of aromatic nitrogens is 2. The third-order valence-corrected chi connectivity index (χ3v) is 5.49. The fourth-order valence-corrected chi connectivity index (χ4v) is 3.58. The van der Waals surface area contributed by atoms with Crippen LogP contribution in [0.5, 0.6) is 0 Å². The van der Waals surface area contributed by atoms with E-state index in [-0.39, 0.29) is 24.3 Å². The van der Waals surface area contributed by atoms with Crippen LogP contribution in [-0.4, -0.2) is 56.6 Å². The van der Waals surface area contributed by atoms with Crippen molar-refractivity contribution in [2.75, 3.05) is 13.6 Å². The summed E-state index contributed by atoms with van der Waals surface area (Å²) in [5, 5.41) is 7.08. The first-order chi connectivity index (χ1) is 13.4. The Kier molecular flexibility index (Phi) is 4.41. The highest BCUT2D eigenvalue weighted by molar-refractivity contribution is 6.09. The molecule has 1 saturated heterocycles. The lowest BCUT2D eigenvalue weighted by molar-refractivity contribution is -0.138. The van der Waals surface area contributed by atoms with Gasteiger partial charge in [0.05, 0.1) is 11.9 Å². The molecule has 4 rings (SSSR count).